The fraction of sp³-hybridized carbons (Fsp3) is 0.600. The highest BCUT2D eigenvalue weighted by atomic mass is 16.5. The number of nitrogens with one attached hydrogen (secondary N) is 3. The maximum Gasteiger partial charge on any atom is 0.318 e. The quantitative estimate of drug-likeness (QED) is 0.693. The van der Waals surface area contributed by atoms with Crippen LogP contribution in [0.3, 0.4) is 0 Å². The second-order valence-electron chi connectivity index (χ2n) is 7.48. The lowest BCUT2D eigenvalue weighted by Gasteiger charge is -2.38. The lowest BCUT2D eigenvalue weighted by molar-refractivity contribution is 0.164. The number of nitrogens with zero attached hydrogens (tertiary/aromatic N) is 1. The summed E-state index contributed by atoms with van der Waals surface area (Å²) in [4.78, 5) is 26.6. The Morgan fingerprint density at radius 3 is 2.25 bits per heavy atom. The number of rotatable bonds is 6. The first-order chi connectivity index (χ1) is 13.3. The van der Waals surface area contributed by atoms with E-state index in [2.05, 4.69) is 16.0 Å². The zero-order chi connectivity index (χ0) is 20.8. The zero-order valence-corrected chi connectivity index (χ0v) is 17.6. The highest BCUT2D eigenvalue weighted by Crippen LogP contribution is 2.38. The number of ether oxygens (including phenoxy) is 2. The lowest BCUT2D eigenvalue weighted by atomic mass is 9.92. The molecule has 0 saturated carbocycles. The summed E-state index contributed by atoms with van der Waals surface area (Å²) < 4.78 is 10.9. The predicted molar refractivity (Wildman–Crippen MR) is 108 cm³/mol. The van der Waals surface area contributed by atoms with Crippen LogP contribution < -0.4 is 25.4 Å². The molecule has 156 valence electrons. The van der Waals surface area contributed by atoms with E-state index in [1.807, 2.05) is 39.8 Å². The topological polar surface area (TPSA) is 91.9 Å². The molecule has 1 aromatic rings. The van der Waals surface area contributed by atoms with Crippen LogP contribution in [0.25, 0.3) is 0 Å². The van der Waals surface area contributed by atoms with E-state index in [4.69, 9.17) is 9.47 Å². The maximum absolute atomic E-state index is 12.8. The smallest absolute Gasteiger partial charge is 0.318 e. The normalized spacial score (nSPS) is 15.9. The molecule has 28 heavy (non-hydrogen) atoms. The molecule has 1 heterocycles. The van der Waals surface area contributed by atoms with Crippen LogP contribution in [-0.4, -0.2) is 56.4 Å². The molecule has 0 fully saturated rings. The lowest BCUT2D eigenvalue weighted by Crippen LogP contribution is -2.51. The molecular weight excluding hydrogens is 360 g/mol. The van der Waals surface area contributed by atoms with Crippen molar-refractivity contribution in [1.29, 1.82) is 0 Å². The van der Waals surface area contributed by atoms with Crippen LogP contribution in [0.4, 0.5) is 9.59 Å². The number of hydrogen-bond acceptors (Lipinski definition) is 4. The van der Waals surface area contributed by atoms with Crippen molar-refractivity contribution in [2.45, 2.75) is 52.2 Å². The highest BCUT2D eigenvalue weighted by molar-refractivity contribution is 5.77. The van der Waals surface area contributed by atoms with E-state index < -0.39 is 0 Å². The molecule has 1 aromatic carbocycles. The van der Waals surface area contributed by atoms with Crippen LogP contribution in [0.5, 0.6) is 11.5 Å². The molecule has 3 N–H and O–H groups in total. The minimum Gasteiger partial charge on any atom is -0.493 e. The van der Waals surface area contributed by atoms with Gasteiger partial charge in [0.05, 0.1) is 20.3 Å². The third kappa shape index (κ3) is 5.21. The average Bonchev–Trinajstić information content (AvgIpc) is 2.63. The van der Waals surface area contributed by atoms with Gasteiger partial charge in [-0.3, -0.25) is 0 Å². The predicted octanol–water partition coefficient (Wildman–Crippen LogP) is 2.43. The van der Waals surface area contributed by atoms with Crippen molar-refractivity contribution >= 4 is 12.1 Å². The number of fused-ring (bicyclic) bond motifs is 1. The molecule has 0 aliphatic carbocycles. The molecule has 8 nitrogen and oxygen atoms in total. The van der Waals surface area contributed by atoms with E-state index >= 15 is 0 Å². The average molecular weight is 393 g/mol. The van der Waals surface area contributed by atoms with Gasteiger partial charge in [-0.15, -0.1) is 0 Å². The molecule has 0 bridgehead atoms. The monoisotopic (exact) mass is 392 g/mol. The number of hydrogen-bond donors (Lipinski definition) is 3. The van der Waals surface area contributed by atoms with Crippen LogP contribution in [0.15, 0.2) is 12.1 Å². The molecule has 1 atom stereocenters. The van der Waals surface area contributed by atoms with Crippen molar-refractivity contribution in [2.24, 2.45) is 0 Å². The summed E-state index contributed by atoms with van der Waals surface area (Å²) in [5.74, 6) is 1.26. The molecule has 0 spiro atoms. The van der Waals surface area contributed by atoms with Crippen molar-refractivity contribution in [3.8, 4) is 11.5 Å². The Morgan fingerprint density at radius 2 is 1.68 bits per heavy atom. The Hall–Kier alpha value is -2.64. The molecule has 4 amide bonds. The van der Waals surface area contributed by atoms with Gasteiger partial charge in [-0.2, -0.15) is 0 Å². The van der Waals surface area contributed by atoms with Crippen LogP contribution in [0.2, 0.25) is 0 Å². The minimum absolute atomic E-state index is 0.0251. The second kappa shape index (κ2) is 9.52. The first-order valence-electron chi connectivity index (χ1n) is 9.63. The molecule has 1 aliphatic heterocycles. The van der Waals surface area contributed by atoms with Crippen molar-refractivity contribution in [3.63, 3.8) is 0 Å². The van der Waals surface area contributed by atoms with Crippen LogP contribution in [0.1, 0.15) is 44.9 Å². The number of benzene rings is 1. The Labute approximate surface area is 166 Å². The van der Waals surface area contributed by atoms with Crippen molar-refractivity contribution in [2.75, 3.05) is 27.3 Å². The summed E-state index contributed by atoms with van der Waals surface area (Å²) in [7, 11) is 3.18. The number of urea groups is 2. The molecule has 2 rings (SSSR count). The van der Waals surface area contributed by atoms with Crippen LogP contribution in [0, 0.1) is 0 Å². The molecule has 0 saturated heterocycles. The van der Waals surface area contributed by atoms with Gasteiger partial charge in [0, 0.05) is 25.2 Å². The Morgan fingerprint density at radius 1 is 1.07 bits per heavy atom. The van der Waals surface area contributed by atoms with E-state index in [0.717, 1.165) is 11.1 Å². The molecule has 0 unspecified atom stereocenters. The first kappa shape index (κ1) is 21.7. The van der Waals surface area contributed by atoms with E-state index in [1.54, 1.807) is 19.1 Å². The second-order valence-corrected chi connectivity index (χ2v) is 7.48. The number of methoxy groups -OCH3 is 2. The Kier molecular flexibility index (Phi) is 7.37. The SMILES string of the molecule is COc1cc2c(cc1OC)[C@H](CNC(=O)NC(C)C)N(C(=O)NC(C)C)CC2. The Bertz CT molecular complexity index is 706. The summed E-state index contributed by atoms with van der Waals surface area (Å²) in [6, 6.07) is 3.20. The van der Waals surface area contributed by atoms with Gasteiger partial charge in [0.25, 0.3) is 0 Å². The summed E-state index contributed by atoms with van der Waals surface area (Å²) in [5, 5.41) is 8.64. The van der Waals surface area contributed by atoms with Crippen LogP contribution >= 0.6 is 0 Å². The summed E-state index contributed by atoms with van der Waals surface area (Å²) >= 11 is 0. The van der Waals surface area contributed by atoms with Crippen molar-refractivity contribution in [3.05, 3.63) is 23.3 Å². The van der Waals surface area contributed by atoms with Gasteiger partial charge in [-0.05, 0) is 57.4 Å². The van der Waals surface area contributed by atoms with Gasteiger partial charge in [0.2, 0.25) is 0 Å². The van der Waals surface area contributed by atoms with E-state index in [1.165, 1.54) is 0 Å². The molecule has 1 aliphatic rings. The van der Waals surface area contributed by atoms with E-state index in [-0.39, 0.29) is 30.2 Å². The standard InChI is InChI=1S/C20H32N4O4/c1-12(2)22-19(25)21-11-16-15-10-18(28-6)17(27-5)9-14(15)7-8-24(16)20(26)23-13(3)4/h9-10,12-13,16H,7-8,11H2,1-6H3,(H,23,26)(H2,21,22,25)/t16-/m0/s1. The molecule has 0 aromatic heterocycles. The summed E-state index contributed by atoms with van der Waals surface area (Å²) in [5.41, 5.74) is 2.04. The maximum atomic E-state index is 12.8. The third-order valence-electron chi connectivity index (χ3n) is 4.55. The fourth-order valence-electron chi connectivity index (χ4n) is 3.32. The summed E-state index contributed by atoms with van der Waals surface area (Å²) in [6.45, 7) is 8.50. The zero-order valence-electron chi connectivity index (χ0n) is 17.6. The number of carbonyl (C=O) groups excluding carboxylic acids is 2. The largest absolute Gasteiger partial charge is 0.493 e. The number of carbonyl (C=O) groups is 2. The van der Waals surface area contributed by atoms with E-state index in [0.29, 0.717) is 31.0 Å². The molecule has 8 heteroatoms. The molecule has 0 radical (unpaired) electrons. The van der Waals surface area contributed by atoms with Crippen molar-refractivity contribution in [1.82, 2.24) is 20.9 Å². The minimum atomic E-state index is -0.305. The van der Waals surface area contributed by atoms with Gasteiger partial charge >= 0.3 is 12.1 Å². The van der Waals surface area contributed by atoms with Gasteiger partial charge in [0.1, 0.15) is 0 Å². The van der Waals surface area contributed by atoms with Gasteiger partial charge in [-0.25, -0.2) is 9.59 Å². The summed E-state index contributed by atoms with van der Waals surface area (Å²) in [6.07, 6.45) is 0.704. The first-order valence-corrected chi connectivity index (χ1v) is 9.63. The molecular formula is C20H32N4O4. The number of amides is 4. The third-order valence-corrected chi connectivity index (χ3v) is 4.55. The van der Waals surface area contributed by atoms with Gasteiger partial charge in [-0.1, -0.05) is 0 Å². The van der Waals surface area contributed by atoms with Gasteiger partial charge in [0.15, 0.2) is 11.5 Å². The van der Waals surface area contributed by atoms with Crippen LogP contribution in [-0.2, 0) is 6.42 Å². The highest BCUT2D eigenvalue weighted by Gasteiger charge is 2.32. The van der Waals surface area contributed by atoms with Crippen molar-refractivity contribution < 1.29 is 19.1 Å². The van der Waals surface area contributed by atoms with E-state index in [9.17, 15) is 9.59 Å². The van der Waals surface area contributed by atoms with Gasteiger partial charge < -0.3 is 30.3 Å². The Balaban J connectivity index is 2.34. The fourth-order valence-corrected chi connectivity index (χ4v) is 3.32.